The van der Waals surface area contributed by atoms with Gasteiger partial charge in [-0.2, -0.15) is 0 Å². The summed E-state index contributed by atoms with van der Waals surface area (Å²) in [6.07, 6.45) is 4.58. The molecule has 1 aromatic carbocycles. The molecule has 0 saturated heterocycles. The summed E-state index contributed by atoms with van der Waals surface area (Å²) in [6, 6.07) is 8.55. The second kappa shape index (κ2) is 4.69. The molecule has 0 saturated carbocycles. The Morgan fingerprint density at radius 3 is 2.95 bits per heavy atom. The van der Waals surface area contributed by atoms with Gasteiger partial charge in [0.25, 0.3) is 0 Å². The molecule has 0 spiro atoms. The number of hydrogen-bond acceptors (Lipinski definition) is 2. The van der Waals surface area contributed by atoms with E-state index in [1.165, 1.54) is 16.7 Å². The van der Waals surface area contributed by atoms with Crippen molar-refractivity contribution >= 4 is 11.6 Å². The molecule has 0 radical (unpaired) electrons. The Bertz CT molecular complexity index is 574. The summed E-state index contributed by atoms with van der Waals surface area (Å²) >= 11 is 6.14. The van der Waals surface area contributed by atoms with Crippen LogP contribution in [0.5, 0.6) is 0 Å². The van der Waals surface area contributed by atoms with Crippen LogP contribution >= 0.6 is 11.6 Å². The number of rotatable bonds is 3. The van der Waals surface area contributed by atoms with Crippen molar-refractivity contribution in [3.05, 3.63) is 58.5 Å². The molecule has 2 nitrogen and oxygen atoms in total. The Kier molecular flexibility index (Phi) is 3.15. The lowest BCUT2D eigenvalue weighted by Gasteiger charge is -2.28. The van der Waals surface area contributed by atoms with Gasteiger partial charge in [0.1, 0.15) is 0 Å². The molecule has 0 aliphatic heterocycles. The lowest BCUT2D eigenvalue weighted by molar-refractivity contribution is 0.268. The topological polar surface area (TPSA) is 25.2 Å². The first-order valence-electron chi connectivity index (χ1n) is 6.59. The summed E-state index contributed by atoms with van der Waals surface area (Å²) in [6.45, 7) is 5.42. The van der Waals surface area contributed by atoms with Gasteiger partial charge in [-0.1, -0.05) is 31.5 Å². The third-order valence-electron chi connectivity index (χ3n) is 3.94. The number of furan rings is 1. The molecule has 1 aliphatic rings. The Labute approximate surface area is 118 Å². The molecule has 0 bridgehead atoms. The van der Waals surface area contributed by atoms with E-state index in [1.54, 1.807) is 12.5 Å². The van der Waals surface area contributed by atoms with E-state index in [4.69, 9.17) is 16.0 Å². The highest BCUT2D eigenvalue weighted by atomic mass is 35.5. The van der Waals surface area contributed by atoms with Gasteiger partial charge in [-0.25, -0.2) is 0 Å². The molecule has 1 heterocycles. The summed E-state index contributed by atoms with van der Waals surface area (Å²) < 4.78 is 5.11. The third-order valence-corrected chi connectivity index (χ3v) is 4.17. The van der Waals surface area contributed by atoms with Gasteiger partial charge in [-0.05, 0) is 41.2 Å². The van der Waals surface area contributed by atoms with Crippen molar-refractivity contribution in [3.63, 3.8) is 0 Å². The van der Waals surface area contributed by atoms with Crippen molar-refractivity contribution in [1.29, 1.82) is 0 Å². The zero-order valence-electron chi connectivity index (χ0n) is 11.2. The lowest BCUT2D eigenvalue weighted by atomic mass is 9.85. The monoisotopic (exact) mass is 275 g/mol. The molecule has 0 amide bonds. The first-order chi connectivity index (χ1) is 9.06. The summed E-state index contributed by atoms with van der Waals surface area (Å²) in [5.74, 6) is 0. The van der Waals surface area contributed by atoms with Crippen LogP contribution in [-0.2, 0) is 13.0 Å². The second-order valence-electron chi connectivity index (χ2n) is 5.95. The molecule has 3 heteroatoms. The Balaban J connectivity index is 1.85. The van der Waals surface area contributed by atoms with Gasteiger partial charge in [-0.3, -0.25) is 0 Å². The van der Waals surface area contributed by atoms with E-state index >= 15 is 0 Å². The average Bonchev–Trinajstić information content (AvgIpc) is 2.92. The average molecular weight is 276 g/mol. The summed E-state index contributed by atoms with van der Waals surface area (Å²) in [5, 5.41) is 4.45. The molecule has 3 rings (SSSR count). The van der Waals surface area contributed by atoms with E-state index in [1.807, 2.05) is 12.1 Å². The minimum Gasteiger partial charge on any atom is -0.472 e. The van der Waals surface area contributed by atoms with Gasteiger partial charge in [0, 0.05) is 23.2 Å². The van der Waals surface area contributed by atoms with Crippen molar-refractivity contribution in [3.8, 4) is 0 Å². The zero-order valence-corrected chi connectivity index (χ0v) is 12.0. The van der Waals surface area contributed by atoms with E-state index in [9.17, 15) is 0 Å². The lowest BCUT2D eigenvalue weighted by Crippen LogP contribution is -2.30. The highest BCUT2D eigenvalue weighted by molar-refractivity contribution is 6.30. The molecular formula is C16H18ClNO. The van der Waals surface area contributed by atoms with Gasteiger partial charge in [0.05, 0.1) is 12.5 Å². The predicted molar refractivity (Wildman–Crippen MR) is 77.2 cm³/mol. The maximum Gasteiger partial charge on any atom is 0.0947 e. The Morgan fingerprint density at radius 1 is 1.37 bits per heavy atom. The summed E-state index contributed by atoms with van der Waals surface area (Å²) in [7, 11) is 0. The van der Waals surface area contributed by atoms with Gasteiger partial charge in [0.15, 0.2) is 0 Å². The largest absolute Gasteiger partial charge is 0.472 e. The zero-order chi connectivity index (χ0) is 13.5. The fraction of sp³-hybridized carbons (Fsp3) is 0.375. The quantitative estimate of drug-likeness (QED) is 0.901. The first kappa shape index (κ1) is 12.8. The fourth-order valence-electron chi connectivity index (χ4n) is 3.01. The van der Waals surface area contributed by atoms with Gasteiger partial charge >= 0.3 is 0 Å². The maximum absolute atomic E-state index is 6.14. The molecule has 2 aromatic rings. The van der Waals surface area contributed by atoms with Crippen LogP contribution < -0.4 is 5.32 Å². The van der Waals surface area contributed by atoms with E-state index in [0.29, 0.717) is 6.04 Å². The standard InChI is InChI=1S/C16H18ClNO/c1-16(2)8-12-3-4-13(17)7-14(12)15(16)18-9-11-5-6-19-10-11/h3-7,10,15,18H,8-9H2,1-2H3. The molecule has 100 valence electrons. The van der Waals surface area contributed by atoms with Crippen LogP contribution in [0.4, 0.5) is 0 Å². The smallest absolute Gasteiger partial charge is 0.0947 e. The van der Waals surface area contributed by atoms with E-state index in [0.717, 1.165) is 18.0 Å². The van der Waals surface area contributed by atoms with E-state index in [-0.39, 0.29) is 5.41 Å². The molecule has 1 aromatic heterocycles. The number of fused-ring (bicyclic) bond motifs is 1. The van der Waals surface area contributed by atoms with E-state index in [2.05, 4.69) is 31.3 Å². The molecule has 0 fully saturated rings. The number of nitrogens with one attached hydrogen (secondary N) is 1. The highest BCUT2D eigenvalue weighted by Crippen LogP contribution is 2.45. The summed E-state index contributed by atoms with van der Waals surface area (Å²) in [5.41, 5.74) is 4.11. The molecule has 1 N–H and O–H groups in total. The number of halogens is 1. The Hall–Kier alpha value is -1.25. The molecule has 1 unspecified atom stereocenters. The van der Waals surface area contributed by atoms with Crippen molar-refractivity contribution in [2.75, 3.05) is 0 Å². The highest BCUT2D eigenvalue weighted by Gasteiger charge is 2.38. The SMILES string of the molecule is CC1(C)Cc2ccc(Cl)cc2C1NCc1ccoc1. The Morgan fingerprint density at radius 2 is 2.21 bits per heavy atom. The molecule has 1 aliphatic carbocycles. The van der Waals surface area contributed by atoms with Gasteiger partial charge in [0.2, 0.25) is 0 Å². The third kappa shape index (κ3) is 2.43. The minimum atomic E-state index is 0.205. The van der Waals surface area contributed by atoms with Crippen molar-refractivity contribution in [1.82, 2.24) is 5.32 Å². The molecule has 1 atom stereocenters. The van der Waals surface area contributed by atoms with Gasteiger partial charge < -0.3 is 9.73 Å². The fourth-order valence-corrected chi connectivity index (χ4v) is 3.19. The number of benzene rings is 1. The van der Waals surface area contributed by atoms with Gasteiger partial charge in [-0.15, -0.1) is 0 Å². The first-order valence-corrected chi connectivity index (χ1v) is 6.97. The molecule has 19 heavy (non-hydrogen) atoms. The second-order valence-corrected chi connectivity index (χ2v) is 6.39. The van der Waals surface area contributed by atoms with Crippen LogP contribution in [0.25, 0.3) is 0 Å². The van der Waals surface area contributed by atoms with Crippen molar-refractivity contribution in [2.45, 2.75) is 32.9 Å². The van der Waals surface area contributed by atoms with Crippen molar-refractivity contribution < 1.29 is 4.42 Å². The molecular weight excluding hydrogens is 258 g/mol. The number of hydrogen-bond donors (Lipinski definition) is 1. The van der Waals surface area contributed by atoms with Crippen LogP contribution in [0.1, 0.15) is 36.6 Å². The van der Waals surface area contributed by atoms with Crippen LogP contribution in [0.3, 0.4) is 0 Å². The van der Waals surface area contributed by atoms with Crippen LogP contribution in [0, 0.1) is 5.41 Å². The van der Waals surface area contributed by atoms with Crippen LogP contribution in [-0.4, -0.2) is 0 Å². The predicted octanol–water partition coefficient (Wildman–Crippen LogP) is 4.35. The van der Waals surface area contributed by atoms with E-state index < -0.39 is 0 Å². The van der Waals surface area contributed by atoms with Crippen LogP contribution in [0.2, 0.25) is 5.02 Å². The summed E-state index contributed by atoms with van der Waals surface area (Å²) in [4.78, 5) is 0. The minimum absolute atomic E-state index is 0.205. The van der Waals surface area contributed by atoms with Crippen LogP contribution in [0.15, 0.2) is 41.2 Å². The maximum atomic E-state index is 6.14. The normalized spacial score (nSPS) is 20.5. The van der Waals surface area contributed by atoms with Crippen molar-refractivity contribution in [2.24, 2.45) is 5.41 Å².